The van der Waals surface area contributed by atoms with E-state index in [1.54, 1.807) is 0 Å². The van der Waals surface area contributed by atoms with Gasteiger partial charge in [0, 0.05) is 24.7 Å². The number of methoxy groups -OCH3 is 2. The van der Waals surface area contributed by atoms with Gasteiger partial charge in [0.2, 0.25) is 10.0 Å². The molecule has 1 aromatic carbocycles. The van der Waals surface area contributed by atoms with Crippen molar-refractivity contribution < 1.29 is 22.3 Å². The topological polar surface area (TPSA) is 67.9 Å². The van der Waals surface area contributed by atoms with Crippen LogP contribution in [0.5, 0.6) is 11.5 Å². The standard InChI is InChI=1S/C15H25FN2O4S/c1-6-18(7-2)11(3)10-17-23(19,20)15-9-14(22-5)13(21-4)8-12(15)16/h8-9,11,17H,6-7,10H2,1-5H3. The summed E-state index contributed by atoms with van der Waals surface area (Å²) < 4.78 is 51.3. The maximum Gasteiger partial charge on any atom is 0.243 e. The lowest BCUT2D eigenvalue weighted by Crippen LogP contribution is -2.42. The fourth-order valence-corrected chi connectivity index (χ4v) is 3.52. The fraction of sp³-hybridized carbons (Fsp3) is 0.600. The zero-order chi connectivity index (χ0) is 17.6. The van der Waals surface area contributed by atoms with Crippen LogP contribution in [-0.2, 0) is 10.0 Å². The smallest absolute Gasteiger partial charge is 0.243 e. The molecular formula is C15H25FN2O4S. The molecule has 8 heteroatoms. The van der Waals surface area contributed by atoms with Crippen LogP contribution in [0.2, 0.25) is 0 Å². The van der Waals surface area contributed by atoms with E-state index in [-0.39, 0.29) is 24.1 Å². The van der Waals surface area contributed by atoms with E-state index in [1.165, 1.54) is 14.2 Å². The maximum absolute atomic E-state index is 14.1. The number of hydrogen-bond acceptors (Lipinski definition) is 5. The first-order valence-corrected chi connectivity index (χ1v) is 8.94. The Labute approximate surface area is 137 Å². The largest absolute Gasteiger partial charge is 0.493 e. The molecule has 0 spiro atoms. The highest BCUT2D eigenvalue weighted by molar-refractivity contribution is 7.89. The number of rotatable bonds is 9. The predicted molar refractivity (Wildman–Crippen MR) is 87.1 cm³/mol. The number of likely N-dealkylation sites (N-methyl/N-ethyl adjacent to an activating group) is 1. The Morgan fingerprint density at radius 3 is 2.17 bits per heavy atom. The van der Waals surface area contributed by atoms with Crippen LogP contribution in [0.1, 0.15) is 20.8 Å². The Balaban J connectivity index is 3.00. The van der Waals surface area contributed by atoms with Gasteiger partial charge in [0.1, 0.15) is 10.7 Å². The molecule has 0 aliphatic rings. The van der Waals surface area contributed by atoms with Gasteiger partial charge in [0.05, 0.1) is 14.2 Å². The molecule has 0 aliphatic heterocycles. The van der Waals surface area contributed by atoms with Gasteiger partial charge in [0.15, 0.2) is 11.5 Å². The molecule has 0 fully saturated rings. The summed E-state index contributed by atoms with van der Waals surface area (Å²) in [6.45, 7) is 7.73. The maximum atomic E-state index is 14.1. The van der Waals surface area contributed by atoms with Crippen molar-refractivity contribution in [3.63, 3.8) is 0 Å². The second kappa shape index (κ2) is 8.47. The molecule has 0 amide bonds. The first kappa shape index (κ1) is 19.7. The van der Waals surface area contributed by atoms with E-state index in [4.69, 9.17) is 9.47 Å². The van der Waals surface area contributed by atoms with Crippen molar-refractivity contribution in [2.45, 2.75) is 31.7 Å². The molecule has 23 heavy (non-hydrogen) atoms. The monoisotopic (exact) mass is 348 g/mol. The zero-order valence-corrected chi connectivity index (χ0v) is 15.0. The molecule has 1 aromatic rings. The molecular weight excluding hydrogens is 323 g/mol. The van der Waals surface area contributed by atoms with E-state index in [9.17, 15) is 12.8 Å². The van der Waals surface area contributed by atoms with E-state index in [2.05, 4.69) is 9.62 Å². The first-order valence-electron chi connectivity index (χ1n) is 7.45. The van der Waals surface area contributed by atoms with Gasteiger partial charge < -0.3 is 9.47 Å². The van der Waals surface area contributed by atoms with Crippen LogP contribution in [0, 0.1) is 5.82 Å². The molecule has 0 radical (unpaired) electrons. The molecule has 1 unspecified atom stereocenters. The number of ether oxygens (including phenoxy) is 2. The van der Waals surface area contributed by atoms with Crippen molar-refractivity contribution in [3.8, 4) is 11.5 Å². The van der Waals surface area contributed by atoms with E-state index < -0.39 is 20.7 Å². The van der Waals surface area contributed by atoms with Crippen LogP contribution in [0.4, 0.5) is 4.39 Å². The van der Waals surface area contributed by atoms with Crippen molar-refractivity contribution in [1.29, 1.82) is 0 Å². The SMILES string of the molecule is CCN(CC)C(C)CNS(=O)(=O)c1cc(OC)c(OC)cc1F. The van der Waals surface area contributed by atoms with Crippen LogP contribution >= 0.6 is 0 Å². The predicted octanol–water partition coefficient (Wildman–Crippen LogP) is 1.85. The molecule has 0 aliphatic carbocycles. The van der Waals surface area contributed by atoms with Crippen LogP contribution in [0.15, 0.2) is 17.0 Å². The van der Waals surface area contributed by atoms with Crippen LogP contribution in [0.3, 0.4) is 0 Å². The average Bonchev–Trinajstić information content (AvgIpc) is 2.53. The molecule has 0 saturated heterocycles. The Bertz CT molecular complexity index is 618. The zero-order valence-electron chi connectivity index (χ0n) is 14.2. The summed E-state index contributed by atoms with van der Waals surface area (Å²) in [6.07, 6.45) is 0. The van der Waals surface area contributed by atoms with Crippen molar-refractivity contribution in [2.24, 2.45) is 0 Å². The quantitative estimate of drug-likeness (QED) is 0.738. The summed E-state index contributed by atoms with van der Waals surface area (Å²) in [4.78, 5) is 1.65. The Hall–Kier alpha value is -1.38. The lowest BCUT2D eigenvalue weighted by Gasteiger charge is -2.26. The minimum atomic E-state index is -3.98. The van der Waals surface area contributed by atoms with Gasteiger partial charge in [-0.1, -0.05) is 13.8 Å². The van der Waals surface area contributed by atoms with Gasteiger partial charge in [-0.25, -0.2) is 17.5 Å². The van der Waals surface area contributed by atoms with E-state index >= 15 is 0 Å². The molecule has 0 heterocycles. The number of benzene rings is 1. The number of nitrogens with one attached hydrogen (secondary N) is 1. The lowest BCUT2D eigenvalue weighted by molar-refractivity contribution is 0.232. The summed E-state index contributed by atoms with van der Waals surface area (Å²) in [6, 6.07) is 2.13. The highest BCUT2D eigenvalue weighted by atomic mass is 32.2. The van der Waals surface area contributed by atoms with Gasteiger partial charge in [-0.2, -0.15) is 0 Å². The second-order valence-electron chi connectivity index (χ2n) is 5.06. The molecule has 0 saturated carbocycles. The minimum Gasteiger partial charge on any atom is -0.493 e. The van der Waals surface area contributed by atoms with Crippen molar-refractivity contribution in [2.75, 3.05) is 33.9 Å². The molecule has 0 aromatic heterocycles. The Kier molecular flexibility index (Phi) is 7.24. The molecule has 1 N–H and O–H groups in total. The van der Waals surface area contributed by atoms with Gasteiger partial charge in [0.25, 0.3) is 0 Å². The van der Waals surface area contributed by atoms with Crippen LogP contribution in [0.25, 0.3) is 0 Å². The molecule has 1 rings (SSSR count). The summed E-state index contributed by atoms with van der Waals surface area (Å²) in [5, 5.41) is 0. The number of sulfonamides is 1. The third kappa shape index (κ3) is 4.79. The van der Waals surface area contributed by atoms with Gasteiger partial charge >= 0.3 is 0 Å². The summed E-state index contributed by atoms with van der Waals surface area (Å²) in [7, 11) is -1.26. The molecule has 132 valence electrons. The molecule has 1 atom stereocenters. The summed E-state index contributed by atoms with van der Waals surface area (Å²) in [5.74, 6) is -0.586. The van der Waals surface area contributed by atoms with Gasteiger partial charge in [-0.15, -0.1) is 0 Å². The first-order chi connectivity index (χ1) is 10.8. The number of nitrogens with zero attached hydrogens (tertiary/aromatic N) is 1. The third-order valence-electron chi connectivity index (χ3n) is 3.73. The lowest BCUT2D eigenvalue weighted by atomic mass is 10.3. The van der Waals surface area contributed by atoms with E-state index in [0.717, 1.165) is 25.2 Å². The normalized spacial score (nSPS) is 13.2. The Morgan fingerprint density at radius 1 is 1.17 bits per heavy atom. The van der Waals surface area contributed by atoms with Gasteiger partial charge in [-0.3, -0.25) is 4.90 Å². The fourth-order valence-electron chi connectivity index (χ4n) is 2.33. The second-order valence-corrected chi connectivity index (χ2v) is 6.80. The number of halogens is 1. The highest BCUT2D eigenvalue weighted by Crippen LogP contribution is 2.31. The Morgan fingerprint density at radius 2 is 1.70 bits per heavy atom. The summed E-state index contributed by atoms with van der Waals surface area (Å²) in [5.41, 5.74) is 0. The van der Waals surface area contributed by atoms with Crippen molar-refractivity contribution in [3.05, 3.63) is 17.9 Å². The molecule has 6 nitrogen and oxygen atoms in total. The number of hydrogen-bond donors (Lipinski definition) is 1. The summed E-state index contributed by atoms with van der Waals surface area (Å²) >= 11 is 0. The third-order valence-corrected chi connectivity index (χ3v) is 5.17. The van der Waals surface area contributed by atoms with E-state index in [1.807, 2.05) is 20.8 Å². The average molecular weight is 348 g/mol. The highest BCUT2D eigenvalue weighted by Gasteiger charge is 2.23. The van der Waals surface area contributed by atoms with Crippen LogP contribution in [-0.4, -0.2) is 53.2 Å². The van der Waals surface area contributed by atoms with Crippen LogP contribution < -0.4 is 14.2 Å². The van der Waals surface area contributed by atoms with Gasteiger partial charge in [-0.05, 0) is 20.0 Å². The van der Waals surface area contributed by atoms with Crippen molar-refractivity contribution in [1.82, 2.24) is 9.62 Å². The minimum absolute atomic E-state index is 0.00276. The van der Waals surface area contributed by atoms with E-state index in [0.29, 0.717) is 0 Å². The van der Waals surface area contributed by atoms with Crippen molar-refractivity contribution >= 4 is 10.0 Å². The molecule has 0 bridgehead atoms.